The normalized spacial score (nSPS) is 15.8. The highest BCUT2D eigenvalue weighted by Gasteiger charge is 2.26. The molecule has 1 atom stereocenters. The smallest absolute Gasteiger partial charge is 0.260 e. The third kappa shape index (κ3) is 6.84. The number of nitrogens with zero attached hydrogens (tertiary/aromatic N) is 1. The van der Waals surface area contributed by atoms with E-state index in [-0.39, 0.29) is 30.9 Å². The summed E-state index contributed by atoms with van der Waals surface area (Å²) in [6, 6.07) is 13.7. The zero-order valence-corrected chi connectivity index (χ0v) is 17.3. The van der Waals surface area contributed by atoms with E-state index < -0.39 is 0 Å². The molecule has 1 aliphatic heterocycles. The molecule has 6 nitrogen and oxygen atoms in total. The third-order valence-electron chi connectivity index (χ3n) is 4.59. The Morgan fingerprint density at radius 2 is 1.48 bits per heavy atom. The lowest BCUT2D eigenvalue weighted by Crippen LogP contribution is -2.36. The minimum atomic E-state index is -0.198. The molecular weight excluding hydrogens is 415 g/mol. The Balaban J connectivity index is 1.33. The number of halogens is 2. The van der Waals surface area contributed by atoms with Crippen molar-refractivity contribution in [2.75, 3.05) is 32.8 Å². The summed E-state index contributed by atoms with van der Waals surface area (Å²) >= 11 is 11.6. The van der Waals surface area contributed by atoms with Gasteiger partial charge in [0.05, 0.1) is 0 Å². The van der Waals surface area contributed by atoms with Crippen LogP contribution < -0.4 is 14.8 Å². The quantitative estimate of drug-likeness (QED) is 0.688. The molecular formula is C21H22Cl2N2O4. The molecule has 1 aliphatic rings. The van der Waals surface area contributed by atoms with Gasteiger partial charge in [-0.25, -0.2) is 0 Å². The molecule has 2 aromatic carbocycles. The van der Waals surface area contributed by atoms with Gasteiger partial charge in [-0.3, -0.25) is 9.59 Å². The van der Waals surface area contributed by atoms with Gasteiger partial charge in [0.1, 0.15) is 11.5 Å². The maximum atomic E-state index is 12.3. The maximum absolute atomic E-state index is 12.3. The number of likely N-dealkylation sites (tertiary alicyclic amines) is 1. The lowest BCUT2D eigenvalue weighted by Gasteiger charge is -2.17. The zero-order valence-electron chi connectivity index (χ0n) is 15.8. The zero-order chi connectivity index (χ0) is 20.6. The van der Waals surface area contributed by atoms with Gasteiger partial charge in [0.2, 0.25) is 0 Å². The van der Waals surface area contributed by atoms with Gasteiger partial charge >= 0.3 is 0 Å². The largest absolute Gasteiger partial charge is 0.484 e. The first-order chi connectivity index (χ1) is 14.0. The van der Waals surface area contributed by atoms with Gasteiger partial charge < -0.3 is 19.7 Å². The highest BCUT2D eigenvalue weighted by atomic mass is 35.5. The van der Waals surface area contributed by atoms with E-state index in [1.165, 1.54) is 0 Å². The number of carbonyl (C=O) groups excluding carboxylic acids is 2. The first kappa shape index (κ1) is 21.3. The second-order valence-corrected chi connectivity index (χ2v) is 7.66. The molecule has 0 aliphatic carbocycles. The fourth-order valence-electron chi connectivity index (χ4n) is 2.98. The first-order valence-electron chi connectivity index (χ1n) is 9.31. The molecule has 29 heavy (non-hydrogen) atoms. The van der Waals surface area contributed by atoms with Crippen LogP contribution in [0.1, 0.15) is 6.42 Å². The molecule has 2 aromatic rings. The minimum Gasteiger partial charge on any atom is -0.484 e. The van der Waals surface area contributed by atoms with Crippen molar-refractivity contribution < 1.29 is 19.1 Å². The molecule has 0 aromatic heterocycles. The highest BCUT2D eigenvalue weighted by Crippen LogP contribution is 2.18. The van der Waals surface area contributed by atoms with E-state index in [1.807, 2.05) is 0 Å². The van der Waals surface area contributed by atoms with Gasteiger partial charge in [-0.1, -0.05) is 23.2 Å². The minimum absolute atomic E-state index is 0.0182. The van der Waals surface area contributed by atoms with Crippen LogP contribution in [0.15, 0.2) is 48.5 Å². The average Bonchev–Trinajstić information content (AvgIpc) is 3.20. The number of amides is 2. The number of hydrogen-bond acceptors (Lipinski definition) is 4. The summed E-state index contributed by atoms with van der Waals surface area (Å²) < 4.78 is 10.9. The Labute approximate surface area is 179 Å². The molecule has 8 heteroatoms. The number of rotatable bonds is 8. The molecule has 0 radical (unpaired) electrons. The molecule has 0 saturated carbocycles. The predicted octanol–water partition coefficient (Wildman–Crippen LogP) is 3.42. The van der Waals surface area contributed by atoms with Crippen molar-refractivity contribution in [2.45, 2.75) is 6.42 Å². The molecule has 1 fully saturated rings. The maximum Gasteiger partial charge on any atom is 0.260 e. The Hall–Kier alpha value is -2.44. The molecule has 0 bridgehead atoms. The SMILES string of the molecule is O=C(COc1ccc(Cl)cc1)NC[C@@H]1CCN(C(=O)COc2ccc(Cl)cc2)C1. The first-order valence-corrected chi connectivity index (χ1v) is 10.1. The van der Waals surface area contributed by atoms with Crippen LogP contribution >= 0.6 is 23.2 Å². The summed E-state index contributed by atoms with van der Waals surface area (Å²) in [7, 11) is 0. The van der Waals surface area contributed by atoms with E-state index in [0.29, 0.717) is 41.2 Å². The molecule has 2 amide bonds. The summed E-state index contributed by atoms with van der Waals surface area (Å²) in [5.74, 6) is 1.14. The van der Waals surface area contributed by atoms with Crippen LogP contribution in [0.4, 0.5) is 0 Å². The van der Waals surface area contributed by atoms with E-state index in [1.54, 1.807) is 53.4 Å². The van der Waals surface area contributed by atoms with Crippen molar-refractivity contribution in [3.8, 4) is 11.5 Å². The van der Waals surface area contributed by atoms with Crippen LogP contribution in [-0.2, 0) is 9.59 Å². The van der Waals surface area contributed by atoms with Crippen molar-refractivity contribution in [1.29, 1.82) is 0 Å². The van der Waals surface area contributed by atoms with Gasteiger partial charge in [-0.15, -0.1) is 0 Å². The van der Waals surface area contributed by atoms with Crippen LogP contribution in [-0.4, -0.2) is 49.6 Å². The van der Waals surface area contributed by atoms with E-state index in [4.69, 9.17) is 32.7 Å². The number of nitrogens with one attached hydrogen (secondary N) is 1. The molecule has 0 unspecified atom stereocenters. The third-order valence-corrected chi connectivity index (χ3v) is 5.09. The van der Waals surface area contributed by atoms with Crippen LogP contribution in [0.2, 0.25) is 10.0 Å². The summed E-state index contributed by atoms with van der Waals surface area (Å²) in [4.78, 5) is 26.0. The lowest BCUT2D eigenvalue weighted by molar-refractivity contribution is -0.132. The Morgan fingerprint density at radius 1 is 0.931 bits per heavy atom. The van der Waals surface area contributed by atoms with Crippen molar-refractivity contribution in [1.82, 2.24) is 10.2 Å². The van der Waals surface area contributed by atoms with Gasteiger partial charge in [0.25, 0.3) is 11.8 Å². The Kier molecular flexibility index (Phi) is 7.61. The van der Waals surface area contributed by atoms with Gasteiger partial charge in [-0.05, 0) is 60.9 Å². The van der Waals surface area contributed by atoms with Gasteiger partial charge in [0, 0.05) is 29.7 Å². The number of carbonyl (C=O) groups is 2. The van der Waals surface area contributed by atoms with Crippen LogP contribution in [0.3, 0.4) is 0 Å². The lowest BCUT2D eigenvalue weighted by atomic mass is 10.1. The Bertz CT molecular complexity index is 828. The number of benzene rings is 2. The summed E-state index contributed by atoms with van der Waals surface area (Å²) in [6.45, 7) is 1.68. The van der Waals surface area contributed by atoms with Crippen molar-refractivity contribution in [3.63, 3.8) is 0 Å². The monoisotopic (exact) mass is 436 g/mol. The predicted molar refractivity (Wildman–Crippen MR) is 112 cm³/mol. The van der Waals surface area contributed by atoms with Crippen LogP contribution in [0, 0.1) is 5.92 Å². The van der Waals surface area contributed by atoms with Crippen LogP contribution in [0.5, 0.6) is 11.5 Å². The molecule has 1 heterocycles. The number of ether oxygens (including phenoxy) is 2. The second kappa shape index (κ2) is 10.4. The molecule has 0 spiro atoms. The van der Waals surface area contributed by atoms with Crippen molar-refractivity contribution >= 4 is 35.0 Å². The van der Waals surface area contributed by atoms with E-state index in [0.717, 1.165) is 6.42 Å². The molecule has 1 saturated heterocycles. The molecule has 1 N–H and O–H groups in total. The Morgan fingerprint density at radius 3 is 2.07 bits per heavy atom. The summed E-state index contributed by atoms with van der Waals surface area (Å²) in [6.07, 6.45) is 0.838. The fraction of sp³-hybridized carbons (Fsp3) is 0.333. The van der Waals surface area contributed by atoms with Gasteiger partial charge in [0.15, 0.2) is 13.2 Å². The fourth-order valence-corrected chi connectivity index (χ4v) is 3.23. The topological polar surface area (TPSA) is 67.9 Å². The van der Waals surface area contributed by atoms with E-state index in [9.17, 15) is 9.59 Å². The molecule has 3 rings (SSSR count). The second-order valence-electron chi connectivity index (χ2n) is 6.78. The number of hydrogen-bond donors (Lipinski definition) is 1. The highest BCUT2D eigenvalue weighted by molar-refractivity contribution is 6.30. The van der Waals surface area contributed by atoms with Crippen molar-refractivity contribution in [2.24, 2.45) is 5.92 Å². The standard InChI is InChI=1S/C21H22Cl2N2O4/c22-16-1-5-18(6-2-16)28-13-20(26)24-11-15-9-10-25(12-15)21(27)14-29-19-7-3-17(23)4-8-19/h1-8,15H,9-14H2,(H,24,26)/t15-/m0/s1. The van der Waals surface area contributed by atoms with E-state index >= 15 is 0 Å². The molecule has 154 valence electrons. The van der Waals surface area contributed by atoms with Crippen LogP contribution in [0.25, 0.3) is 0 Å². The summed E-state index contributed by atoms with van der Waals surface area (Å²) in [5.41, 5.74) is 0. The summed E-state index contributed by atoms with van der Waals surface area (Å²) in [5, 5.41) is 4.09. The van der Waals surface area contributed by atoms with Gasteiger partial charge in [-0.2, -0.15) is 0 Å². The van der Waals surface area contributed by atoms with Crippen molar-refractivity contribution in [3.05, 3.63) is 58.6 Å². The van der Waals surface area contributed by atoms with E-state index in [2.05, 4.69) is 5.32 Å². The average molecular weight is 437 g/mol.